The molecular weight excluding hydrogens is 494 g/mol. The van der Waals surface area contributed by atoms with E-state index in [4.69, 9.17) is 16.3 Å². The number of methoxy groups -OCH3 is 1. The Morgan fingerprint density at radius 2 is 1.97 bits per heavy atom. The van der Waals surface area contributed by atoms with E-state index in [0.717, 1.165) is 33.3 Å². The molecule has 36 heavy (non-hydrogen) atoms. The third-order valence-corrected chi connectivity index (χ3v) is 7.00. The van der Waals surface area contributed by atoms with Crippen LogP contribution in [-0.2, 0) is 16.1 Å². The molecule has 2 heterocycles. The van der Waals surface area contributed by atoms with Gasteiger partial charge in [-0.2, -0.15) is 0 Å². The molecule has 6 nitrogen and oxygen atoms in total. The molecule has 180 valence electrons. The standard InChI is InChI=1S/C28H22ClN3O3S/c1-17-10-11-21(29)14-23(17)30-28-31-26(33)25(36-28)13-20-16-32(24-9-4-3-8-22(20)24)15-18-6-5-7-19(12-18)27(34)35-2/h3-14,16H,15H2,1-2H3,(H,30,31,33)/b25-13-. The van der Waals surface area contributed by atoms with Crippen LogP contribution >= 0.6 is 23.4 Å². The first-order valence-electron chi connectivity index (χ1n) is 11.2. The SMILES string of the molecule is COC(=O)c1cccc(Cn2cc(/C=C3\SC(=Nc4cc(Cl)ccc4C)NC3=O)c3ccccc32)c1. The van der Waals surface area contributed by atoms with E-state index in [0.29, 0.717) is 27.2 Å². The summed E-state index contributed by atoms with van der Waals surface area (Å²) in [4.78, 5) is 29.8. The molecule has 0 spiro atoms. The lowest BCUT2D eigenvalue weighted by Crippen LogP contribution is -2.19. The molecule has 0 atom stereocenters. The summed E-state index contributed by atoms with van der Waals surface area (Å²) >= 11 is 7.41. The summed E-state index contributed by atoms with van der Waals surface area (Å²) in [5.41, 5.74) is 5.12. The lowest BCUT2D eigenvalue weighted by molar-refractivity contribution is -0.115. The van der Waals surface area contributed by atoms with Crippen LogP contribution in [0, 0.1) is 6.92 Å². The Hall–Kier alpha value is -3.81. The molecule has 1 amide bonds. The average molecular weight is 516 g/mol. The monoisotopic (exact) mass is 515 g/mol. The van der Waals surface area contributed by atoms with Crippen molar-refractivity contribution < 1.29 is 14.3 Å². The van der Waals surface area contributed by atoms with Gasteiger partial charge >= 0.3 is 5.97 Å². The number of amidine groups is 1. The van der Waals surface area contributed by atoms with Crippen molar-refractivity contribution in [2.24, 2.45) is 4.99 Å². The van der Waals surface area contributed by atoms with Gasteiger partial charge in [-0.15, -0.1) is 0 Å². The van der Waals surface area contributed by atoms with Gasteiger partial charge in [-0.3, -0.25) is 4.79 Å². The van der Waals surface area contributed by atoms with E-state index in [1.165, 1.54) is 18.9 Å². The Bertz CT molecular complexity index is 1570. The maximum Gasteiger partial charge on any atom is 0.337 e. The molecule has 1 fully saturated rings. The predicted molar refractivity (Wildman–Crippen MR) is 146 cm³/mol. The minimum Gasteiger partial charge on any atom is -0.465 e. The zero-order valence-electron chi connectivity index (χ0n) is 19.6. The molecular formula is C28H22ClN3O3S. The second kappa shape index (κ2) is 10.0. The first kappa shape index (κ1) is 23.9. The van der Waals surface area contributed by atoms with Crippen LogP contribution in [0.3, 0.4) is 0 Å². The van der Waals surface area contributed by atoms with E-state index in [1.807, 2.05) is 73.8 Å². The van der Waals surface area contributed by atoms with Crippen molar-refractivity contribution in [2.45, 2.75) is 13.5 Å². The van der Waals surface area contributed by atoms with E-state index in [1.54, 1.807) is 12.1 Å². The quantitative estimate of drug-likeness (QED) is 0.249. The number of thioether (sulfide) groups is 1. The number of rotatable bonds is 5. The highest BCUT2D eigenvalue weighted by Crippen LogP contribution is 2.32. The maximum atomic E-state index is 12.7. The topological polar surface area (TPSA) is 72.7 Å². The van der Waals surface area contributed by atoms with Gasteiger partial charge in [0.2, 0.25) is 0 Å². The number of fused-ring (bicyclic) bond motifs is 1. The molecule has 1 aromatic heterocycles. The van der Waals surface area contributed by atoms with Gasteiger partial charge in [0.25, 0.3) is 5.91 Å². The molecule has 0 aliphatic carbocycles. The molecule has 1 aliphatic rings. The minimum absolute atomic E-state index is 0.193. The van der Waals surface area contributed by atoms with Crippen molar-refractivity contribution in [3.63, 3.8) is 0 Å². The summed E-state index contributed by atoms with van der Waals surface area (Å²) in [5.74, 6) is -0.560. The molecule has 1 N–H and O–H groups in total. The third-order valence-electron chi connectivity index (χ3n) is 5.85. The Morgan fingerprint density at radius 3 is 2.81 bits per heavy atom. The number of nitrogens with one attached hydrogen (secondary N) is 1. The molecule has 5 rings (SSSR count). The predicted octanol–water partition coefficient (Wildman–Crippen LogP) is 6.33. The number of hydrogen-bond donors (Lipinski definition) is 1. The fraction of sp³-hybridized carbons (Fsp3) is 0.107. The molecule has 1 saturated heterocycles. The fourth-order valence-electron chi connectivity index (χ4n) is 4.07. The van der Waals surface area contributed by atoms with Crippen LogP contribution in [-0.4, -0.2) is 28.7 Å². The largest absolute Gasteiger partial charge is 0.465 e. The van der Waals surface area contributed by atoms with Crippen LogP contribution in [0.5, 0.6) is 0 Å². The summed E-state index contributed by atoms with van der Waals surface area (Å²) in [6, 6.07) is 20.9. The van der Waals surface area contributed by atoms with Gasteiger partial charge in [-0.25, -0.2) is 9.79 Å². The smallest absolute Gasteiger partial charge is 0.337 e. The van der Waals surface area contributed by atoms with Gasteiger partial charge < -0.3 is 14.6 Å². The van der Waals surface area contributed by atoms with Gasteiger partial charge in [0, 0.05) is 34.2 Å². The summed E-state index contributed by atoms with van der Waals surface area (Å²) in [6.07, 6.45) is 3.91. The van der Waals surface area contributed by atoms with Crippen molar-refractivity contribution in [1.29, 1.82) is 0 Å². The number of para-hydroxylation sites is 1. The zero-order valence-corrected chi connectivity index (χ0v) is 21.2. The van der Waals surface area contributed by atoms with Crippen molar-refractivity contribution >= 4 is 63.1 Å². The first-order chi connectivity index (χ1) is 17.4. The number of amides is 1. The van der Waals surface area contributed by atoms with E-state index in [-0.39, 0.29) is 11.9 Å². The van der Waals surface area contributed by atoms with E-state index >= 15 is 0 Å². The van der Waals surface area contributed by atoms with Crippen LogP contribution in [0.15, 0.2) is 82.8 Å². The molecule has 8 heteroatoms. The van der Waals surface area contributed by atoms with Crippen molar-refractivity contribution in [1.82, 2.24) is 9.88 Å². The third kappa shape index (κ3) is 4.94. The summed E-state index contributed by atoms with van der Waals surface area (Å²) in [5, 5.41) is 4.98. The number of hydrogen-bond acceptors (Lipinski definition) is 5. The fourth-order valence-corrected chi connectivity index (χ4v) is 5.06. The van der Waals surface area contributed by atoms with Crippen LogP contribution in [0.1, 0.15) is 27.0 Å². The van der Waals surface area contributed by atoms with E-state index in [9.17, 15) is 9.59 Å². The summed E-state index contributed by atoms with van der Waals surface area (Å²) < 4.78 is 6.96. The Morgan fingerprint density at radius 1 is 1.14 bits per heavy atom. The van der Waals surface area contributed by atoms with Crippen LogP contribution in [0.25, 0.3) is 17.0 Å². The van der Waals surface area contributed by atoms with Gasteiger partial charge in [0.05, 0.1) is 23.3 Å². The van der Waals surface area contributed by atoms with Crippen LogP contribution in [0.4, 0.5) is 5.69 Å². The number of aryl methyl sites for hydroxylation is 1. The summed E-state index contributed by atoms with van der Waals surface area (Å²) in [6.45, 7) is 2.51. The molecule has 0 bridgehead atoms. The molecule has 4 aromatic rings. The minimum atomic E-state index is -0.366. The maximum absolute atomic E-state index is 12.7. The van der Waals surface area contributed by atoms with Crippen molar-refractivity contribution in [3.8, 4) is 0 Å². The molecule has 3 aromatic carbocycles. The van der Waals surface area contributed by atoms with Gasteiger partial charge in [0.1, 0.15) is 0 Å². The molecule has 0 unspecified atom stereocenters. The lowest BCUT2D eigenvalue weighted by Gasteiger charge is -2.07. The highest BCUT2D eigenvalue weighted by Gasteiger charge is 2.24. The van der Waals surface area contributed by atoms with Gasteiger partial charge in [0.15, 0.2) is 5.17 Å². The number of carbonyl (C=O) groups excluding carboxylic acids is 2. The highest BCUT2D eigenvalue weighted by atomic mass is 35.5. The molecule has 0 saturated carbocycles. The molecule has 1 aliphatic heterocycles. The Balaban J connectivity index is 1.46. The number of carbonyl (C=O) groups is 2. The number of aliphatic imine (C=N–C) groups is 1. The Labute approximate surface area is 217 Å². The zero-order chi connectivity index (χ0) is 25.2. The van der Waals surface area contributed by atoms with Crippen LogP contribution in [0.2, 0.25) is 5.02 Å². The number of benzene rings is 3. The number of halogens is 1. The van der Waals surface area contributed by atoms with E-state index < -0.39 is 0 Å². The highest BCUT2D eigenvalue weighted by molar-refractivity contribution is 8.18. The van der Waals surface area contributed by atoms with Gasteiger partial charge in [-0.1, -0.05) is 48.0 Å². The van der Waals surface area contributed by atoms with Gasteiger partial charge in [-0.05, 0) is 66.2 Å². The van der Waals surface area contributed by atoms with Crippen LogP contribution < -0.4 is 5.32 Å². The number of nitrogens with zero attached hydrogens (tertiary/aromatic N) is 2. The first-order valence-corrected chi connectivity index (χ1v) is 12.4. The van der Waals surface area contributed by atoms with Crippen molar-refractivity contribution in [3.05, 3.63) is 105 Å². The lowest BCUT2D eigenvalue weighted by atomic mass is 10.1. The number of ether oxygens (including phenoxy) is 1. The second-order valence-electron chi connectivity index (χ2n) is 8.33. The normalized spacial score (nSPS) is 15.6. The average Bonchev–Trinajstić information content (AvgIpc) is 3.40. The summed E-state index contributed by atoms with van der Waals surface area (Å²) in [7, 11) is 1.37. The second-order valence-corrected chi connectivity index (χ2v) is 9.80. The Kier molecular flexibility index (Phi) is 6.67. The molecule has 0 radical (unpaired) electrons. The van der Waals surface area contributed by atoms with E-state index in [2.05, 4.69) is 14.9 Å². The number of esters is 1. The number of aromatic nitrogens is 1. The van der Waals surface area contributed by atoms with Crippen molar-refractivity contribution in [2.75, 3.05) is 7.11 Å².